The maximum Gasteiger partial charge on any atom is 0.202 e. The van der Waals surface area contributed by atoms with E-state index < -0.39 is 0 Å². The molecule has 4 nitrogen and oxygen atoms in total. The maximum atomic E-state index is 5.85. The van der Waals surface area contributed by atoms with Gasteiger partial charge in [0.15, 0.2) is 0 Å². The highest BCUT2D eigenvalue weighted by Crippen LogP contribution is 2.28. The number of nitrogens with zero attached hydrogens (tertiary/aromatic N) is 2. The Bertz CT molecular complexity index is 383. The largest absolute Gasteiger partial charge is 0.357 e. The van der Waals surface area contributed by atoms with Crippen LogP contribution in [0, 0.1) is 5.92 Å². The number of nitrogens with one attached hydrogen (secondary N) is 1. The van der Waals surface area contributed by atoms with Crippen molar-refractivity contribution in [2.75, 3.05) is 11.9 Å². The molecule has 2 unspecified atom stereocenters. The molecule has 5 heteroatoms. The third kappa shape index (κ3) is 3.20. The van der Waals surface area contributed by atoms with E-state index in [4.69, 9.17) is 5.73 Å². The summed E-state index contributed by atoms with van der Waals surface area (Å²) in [7, 11) is 0. The molecule has 0 amide bonds. The average molecular weight is 268 g/mol. The number of anilines is 1. The zero-order valence-corrected chi connectivity index (χ0v) is 12.4. The summed E-state index contributed by atoms with van der Waals surface area (Å²) in [5.74, 6) is 1.51. The van der Waals surface area contributed by atoms with E-state index >= 15 is 0 Å². The molecule has 0 aromatic carbocycles. The average Bonchev–Trinajstić information content (AvgIpc) is 2.78. The number of rotatable bonds is 3. The van der Waals surface area contributed by atoms with Crippen molar-refractivity contribution in [2.45, 2.75) is 57.9 Å². The molecule has 2 rings (SSSR count). The van der Waals surface area contributed by atoms with Crippen LogP contribution >= 0.6 is 11.5 Å². The third-order valence-corrected chi connectivity index (χ3v) is 4.26. The van der Waals surface area contributed by atoms with Gasteiger partial charge in [-0.25, -0.2) is 4.98 Å². The molecule has 1 aliphatic carbocycles. The molecule has 1 heterocycles. The van der Waals surface area contributed by atoms with E-state index in [1.807, 2.05) is 0 Å². The van der Waals surface area contributed by atoms with E-state index in [-0.39, 0.29) is 5.41 Å². The Morgan fingerprint density at radius 3 is 2.67 bits per heavy atom. The normalized spacial score (nSPS) is 25.1. The molecule has 18 heavy (non-hydrogen) atoms. The van der Waals surface area contributed by atoms with Crippen molar-refractivity contribution in [1.82, 2.24) is 9.36 Å². The van der Waals surface area contributed by atoms with Gasteiger partial charge in [-0.2, -0.15) is 4.37 Å². The van der Waals surface area contributed by atoms with E-state index in [1.54, 1.807) is 0 Å². The van der Waals surface area contributed by atoms with Gasteiger partial charge >= 0.3 is 0 Å². The topological polar surface area (TPSA) is 63.8 Å². The van der Waals surface area contributed by atoms with Gasteiger partial charge in [-0.3, -0.25) is 0 Å². The van der Waals surface area contributed by atoms with Crippen molar-refractivity contribution < 1.29 is 0 Å². The second kappa shape index (κ2) is 5.53. The van der Waals surface area contributed by atoms with Crippen LogP contribution in [0.4, 0.5) is 5.13 Å². The molecule has 1 aliphatic rings. The second-order valence-electron chi connectivity index (χ2n) is 6.20. The van der Waals surface area contributed by atoms with Crippen LogP contribution < -0.4 is 11.1 Å². The van der Waals surface area contributed by atoms with Crippen LogP contribution in [-0.2, 0) is 5.41 Å². The lowest BCUT2D eigenvalue weighted by atomic mass is 9.85. The van der Waals surface area contributed by atoms with Gasteiger partial charge in [0.2, 0.25) is 5.13 Å². The van der Waals surface area contributed by atoms with E-state index in [0.717, 1.165) is 17.5 Å². The lowest BCUT2D eigenvalue weighted by Crippen LogP contribution is -2.36. The van der Waals surface area contributed by atoms with Gasteiger partial charge in [0, 0.05) is 23.0 Å². The number of aromatic nitrogens is 2. The van der Waals surface area contributed by atoms with Crippen LogP contribution in [-0.4, -0.2) is 21.9 Å². The highest BCUT2D eigenvalue weighted by molar-refractivity contribution is 7.09. The summed E-state index contributed by atoms with van der Waals surface area (Å²) in [5.41, 5.74) is 5.87. The first kappa shape index (κ1) is 13.7. The molecular formula is C13H24N4S. The molecule has 1 fully saturated rings. The van der Waals surface area contributed by atoms with Crippen LogP contribution in [0.15, 0.2) is 0 Å². The highest BCUT2D eigenvalue weighted by atomic mass is 32.1. The third-order valence-electron chi connectivity index (χ3n) is 3.62. The fourth-order valence-corrected chi connectivity index (χ4v) is 3.24. The first-order chi connectivity index (χ1) is 8.50. The summed E-state index contributed by atoms with van der Waals surface area (Å²) >= 11 is 1.47. The zero-order valence-electron chi connectivity index (χ0n) is 11.6. The van der Waals surface area contributed by atoms with Gasteiger partial charge in [0.05, 0.1) is 0 Å². The van der Waals surface area contributed by atoms with Crippen LogP contribution in [0.5, 0.6) is 0 Å². The van der Waals surface area contributed by atoms with Crippen LogP contribution in [0.1, 0.15) is 52.3 Å². The summed E-state index contributed by atoms with van der Waals surface area (Å²) in [6.07, 6.45) is 5.04. The van der Waals surface area contributed by atoms with Gasteiger partial charge in [0.25, 0.3) is 0 Å². The van der Waals surface area contributed by atoms with Crippen LogP contribution in [0.25, 0.3) is 0 Å². The van der Waals surface area contributed by atoms with E-state index in [1.165, 1.54) is 37.2 Å². The Hall–Kier alpha value is -0.680. The summed E-state index contributed by atoms with van der Waals surface area (Å²) in [6, 6.07) is 0.476. The van der Waals surface area contributed by atoms with Gasteiger partial charge in [-0.1, -0.05) is 33.6 Å². The molecule has 0 aliphatic heterocycles. The lowest BCUT2D eigenvalue weighted by Gasteiger charge is -2.31. The quantitative estimate of drug-likeness (QED) is 0.885. The first-order valence-corrected chi connectivity index (χ1v) is 7.59. The molecule has 3 N–H and O–H groups in total. The smallest absolute Gasteiger partial charge is 0.202 e. The van der Waals surface area contributed by atoms with Crippen molar-refractivity contribution in [2.24, 2.45) is 11.7 Å². The Balaban J connectivity index is 2.02. The zero-order chi connectivity index (χ0) is 13.2. The Kier molecular flexibility index (Phi) is 4.22. The Morgan fingerprint density at radius 2 is 2.06 bits per heavy atom. The van der Waals surface area contributed by atoms with Crippen LogP contribution in [0.3, 0.4) is 0 Å². The SMILES string of the molecule is CC(C)(C)c1nsc(NC2CCCCC2CN)n1. The van der Waals surface area contributed by atoms with Crippen molar-refractivity contribution in [3.05, 3.63) is 5.82 Å². The maximum absolute atomic E-state index is 5.85. The first-order valence-electron chi connectivity index (χ1n) is 6.81. The molecule has 1 aromatic rings. The van der Waals surface area contributed by atoms with Gasteiger partial charge in [0.1, 0.15) is 5.82 Å². The predicted octanol–water partition coefficient (Wildman–Crippen LogP) is 2.77. The van der Waals surface area contributed by atoms with E-state index in [9.17, 15) is 0 Å². The molecule has 102 valence electrons. The predicted molar refractivity (Wildman–Crippen MR) is 77.0 cm³/mol. The number of hydrogen-bond donors (Lipinski definition) is 2. The minimum absolute atomic E-state index is 0.0241. The molecule has 1 aromatic heterocycles. The fourth-order valence-electron chi connectivity index (χ4n) is 2.43. The monoisotopic (exact) mass is 268 g/mol. The minimum atomic E-state index is 0.0241. The standard InChI is InChI=1S/C13H24N4S/c1-13(2,3)11-16-12(18-17-11)15-10-7-5-4-6-9(10)8-14/h9-10H,4-8,14H2,1-3H3,(H,15,16,17). The molecular weight excluding hydrogens is 244 g/mol. The minimum Gasteiger partial charge on any atom is -0.357 e. The van der Waals surface area contributed by atoms with Crippen molar-refractivity contribution in [1.29, 1.82) is 0 Å². The summed E-state index contributed by atoms with van der Waals surface area (Å²) < 4.78 is 4.44. The lowest BCUT2D eigenvalue weighted by molar-refractivity contribution is 0.332. The summed E-state index contributed by atoms with van der Waals surface area (Å²) in [5, 5.41) is 4.49. The van der Waals surface area contributed by atoms with Crippen molar-refractivity contribution >= 4 is 16.7 Å². The molecule has 2 atom stereocenters. The second-order valence-corrected chi connectivity index (χ2v) is 6.96. The van der Waals surface area contributed by atoms with Crippen LogP contribution in [0.2, 0.25) is 0 Å². The van der Waals surface area contributed by atoms with E-state index in [2.05, 4.69) is 35.4 Å². The fraction of sp³-hybridized carbons (Fsp3) is 0.846. The van der Waals surface area contributed by atoms with Gasteiger partial charge in [-0.15, -0.1) is 0 Å². The van der Waals surface area contributed by atoms with E-state index in [0.29, 0.717) is 12.0 Å². The molecule has 1 saturated carbocycles. The van der Waals surface area contributed by atoms with Gasteiger partial charge in [-0.05, 0) is 25.3 Å². The summed E-state index contributed by atoms with van der Waals surface area (Å²) in [6.45, 7) is 7.19. The Morgan fingerprint density at radius 1 is 1.33 bits per heavy atom. The van der Waals surface area contributed by atoms with Crippen molar-refractivity contribution in [3.63, 3.8) is 0 Å². The number of hydrogen-bond acceptors (Lipinski definition) is 5. The summed E-state index contributed by atoms with van der Waals surface area (Å²) in [4.78, 5) is 4.60. The molecule has 0 radical (unpaired) electrons. The molecule has 0 saturated heterocycles. The molecule has 0 spiro atoms. The van der Waals surface area contributed by atoms with Crippen molar-refractivity contribution in [3.8, 4) is 0 Å². The highest BCUT2D eigenvalue weighted by Gasteiger charge is 2.26. The Labute approximate surface area is 114 Å². The number of nitrogens with two attached hydrogens (primary N) is 1. The van der Waals surface area contributed by atoms with Gasteiger partial charge < -0.3 is 11.1 Å². The molecule has 0 bridgehead atoms.